The van der Waals surface area contributed by atoms with Gasteiger partial charge in [0.25, 0.3) is 0 Å². The highest BCUT2D eigenvalue weighted by atomic mass is 17.2. The third kappa shape index (κ3) is 1.18. The SMILES string of the molecule is C[C@@H]1CC(C)(O)OO1. The Bertz CT molecular complexity index is 89.7. The largest absolute Gasteiger partial charge is 0.363 e. The van der Waals surface area contributed by atoms with E-state index in [1.807, 2.05) is 6.92 Å². The molecule has 1 fully saturated rings. The summed E-state index contributed by atoms with van der Waals surface area (Å²) >= 11 is 0. The first-order valence-corrected chi connectivity index (χ1v) is 2.67. The minimum Gasteiger partial charge on any atom is -0.363 e. The molecule has 1 unspecified atom stereocenters. The maximum Gasteiger partial charge on any atom is 0.198 e. The van der Waals surface area contributed by atoms with Crippen LogP contribution in [0.25, 0.3) is 0 Å². The normalized spacial score (nSPS) is 47.6. The summed E-state index contributed by atoms with van der Waals surface area (Å²) in [4.78, 5) is 9.13. The average Bonchev–Trinajstić information content (AvgIpc) is 1.82. The monoisotopic (exact) mass is 118 g/mol. The molecule has 3 heteroatoms. The van der Waals surface area contributed by atoms with Crippen LogP contribution in [0, 0.1) is 0 Å². The van der Waals surface area contributed by atoms with E-state index in [1.165, 1.54) is 0 Å². The predicted octanol–water partition coefficient (Wildman–Crippen LogP) is 0.435. The zero-order valence-corrected chi connectivity index (χ0v) is 5.05. The van der Waals surface area contributed by atoms with Gasteiger partial charge in [0.05, 0.1) is 6.10 Å². The fraction of sp³-hybridized carbons (Fsp3) is 1.00. The van der Waals surface area contributed by atoms with Crippen molar-refractivity contribution in [2.45, 2.75) is 32.2 Å². The second kappa shape index (κ2) is 1.69. The molecule has 0 aromatic rings. The predicted molar refractivity (Wildman–Crippen MR) is 26.9 cm³/mol. The van der Waals surface area contributed by atoms with Gasteiger partial charge in [0, 0.05) is 6.42 Å². The summed E-state index contributed by atoms with van der Waals surface area (Å²) in [6, 6.07) is 0. The number of hydrogen-bond donors (Lipinski definition) is 1. The van der Waals surface area contributed by atoms with Gasteiger partial charge in [0.1, 0.15) is 0 Å². The van der Waals surface area contributed by atoms with Crippen molar-refractivity contribution in [2.24, 2.45) is 0 Å². The maximum atomic E-state index is 9.02. The van der Waals surface area contributed by atoms with E-state index in [-0.39, 0.29) is 6.10 Å². The van der Waals surface area contributed by atoms with Crippen LogP contribution < -0.4 is 0 Å². The van der Waals surface area contributed by atoms with Crippen LogP contribution in [-0.4, -0.2) is 17.0 Å². The molecule has 1 heterocycles. The first kappa shape index (κ1) is 6.01. The van der Waals surface area contributed by atoms with E-state index in [0.717, 1.165) is 0 Å². The fourth-order valence-electron chi connectivity index (χ4n) is 0.787. The summed E-state index contributed by atoms with van der Waals surface area (Å²) in [5.74, 6) is -1.06. The highest BCUT2D eigenvalue weighted by Crippen LogP contribution is 2.23. The third-order valence-corrected chi connectivity index (χ3v) is 1.06. The summed E-state index contributed by atoms with van der Waals surface area (Å²) in [7, 11) is 0. The lowest BCUT2D eigenvalue weighted by atomic mass is 10.2. The molecule has 0 bridgehead atoms. The third-order valence-electron chi connectivity index (χ3n) is 1.06. The van der Waals surface area contributed by atoms with Gasteiger partial charge in [-0.1, -0.05) is 0 Å². The Morgan fingerprint density at radius 1 is 1.75 bits per heavy atom. The van der Waals surface area contributed by atoms with Crippen LogP contribution in [0.4, 0.5) is 0 Å². The molecule has 1 aliphatic heterocycles. The minimum absolute atomic E-state index is 0.0185. The molecule has 1 rings (SSSR count). The fourth-order valence-corrected chi connectivity index (χ4v) is 0.787. The molecule has 3 nitrogen and oxygen atoms in total. The second-order valence-electron chi connectivity index (χ2n) is 2.37. The molecule has 48 valence electrons. The van der Waals surface area contributed by atoms with Crippen molar-refractivity contribution in [1.82, 2.24) is 0 Å². The van der Waals surface area contributed by atoms with E-state index in [2.05, 4.69) is 9.78 Å². The van der Waals surface area contributed by atoms with Gasteiger partial charge < -0.3 is 5.11 Å². The molecule has 0 spiro atoms. The van der Waals surface area contributed by atoms with Crippen molar-refractivity contribution in [3.8, 4) is 0 Å². The van der Waals surface area contributed by atoms with Gasteiger partial charge in [-0.3, -0.25) is 0 Å². The standard InChI is InChI=1S/C5H10O3/c1-4-3-5(2,6)8-7-4/h4,6H,3H2,1-2H3/t4-,5?/m1/s1. The summed E-state index contributed by atoms with van der Waals surface area (Å²) in [6.45, 7) is 3.43. The Labute approximate surface area is 48.1 Å². The van der Waals surface area contributed by atoms with Crippen LogP contribution in [0.2, 0.25) is 0 Å². The zero-order valence-electron chi connectivity index (χ0n) is 5.05. The van der Waals surface area contributed by atoms with Crippen molar-refractivity contribution in [3.05, 3.63) is 0 Å². The molecule has 1 N–H and O–H groups in total. The summed E-state index contributed by atoms with van der Waals surface area (Å²) < 4.78 is 0. The Morgan fingerprint density at radius 2 is 2.38 bits per heavy atom. The van der Waals surface area contributed by atoms with Crippen LogP contribution >= 0.6 is 0 Å². The molecule has 0 radical (unpaired) electrons. The summed E-state index contributed by atoms with van der Waals surface area (Å²) in [5.41, 5.74) is 0. The first-order chi connectivity index (χ1) is 3.60. The Balaban J connectivity index is 2.44. The van der Waals surface area contributed by atoms with Gasteiger partial charge in [-0.05, 0) is 13.8 Å². The van der Waals surface area contributed by atoms with Crippen molar-refractivity contribution in [3.63, 3.8) is 0 Å². The molecule has 1 aliphatic rings. The lowest BCUT2D eigenvalue weighted by Gasteiger charge is -2.09. The van der Waals surface area contributed by atoms with Crippen LogP contribution in [-0.2, 0) is 9.78 Å². The summed E-state index contributed by atoms with van der Waals surface area (Å²) in [5, 5.41) is 9.02. The molecule has 1 saturated heterocycles. The Hall–Kier alpha value is -0.120. The highest BCUT2D eigenvalue weighted by molar-refractivity contribution is 4.66. The quantitative estimate of drug-likeness (QED) is 0.469. The van der Waals surface area contributed by atoms with E-state index in [4.69, 9.17) is 5.11 Å². The van der Waals surface area contributed by atoms with Gasteiger partial charge >= 0.3 is 0 Å². The lowest BCUT2D eigenvalue weighted by molar-refractivity contribution is -0.370. The Kier molecular flexibility index (Phi) is 1.27. The maximum absolute atomic E-state index is 9.02. The van der Waals surface area contributed by atoms with Crippen LogP contribution in [0.5, 0.6) is 0 Å². The second-order valence-corrected chi connectivity index (χ2v) is 2.37. The van der Waals surface area contributed by atoms with Gasteiger partial charge in [-0.2, -0.15) is 0 Å². The van der Waals surface area contributed by atoms with E-state index < -0.39 is 5.79 Å². The molecular weight excluding hydrogens is 108 g/mol. The smallest absolute Gasteiger partial charge is 0.198 e. The van der Waals surface area contributed by atoms with Crippen molar-refractivity contribution >= 4 is 0 Å². The number of hydrogen-bond acceptors (Lipinski definition) is 3. The van der Waals surface area contributed by atoms with E-state index >= 15 is 0 Å². The van der Waals surface area contributed by atoms with Crippen molar-refractivity contribution < 1.29 is 14.9 Å². The van der Waals surface area contributed by atoms with Crippen molar-refractivity contribution in [1.29, 1.82) is 0 Å². The van der Waals surface area contributed by atoms with Crippen LogP contribution in [0.15, 0.2) is 0 Å². The van der Waals surface area contributed by atoms with Crippen LogP contribution in [0.3, 0.4) is 0 Å². The molecule has 0 saturated carbocycles. The Morgan fingerprint density at radius 3 is 2.50 bits per heavy atom. The molecule has 0 aliphatic carbocycles. The molecule has 0 aromatic carbocycles. The molecule has 2 atom stereocenters. The lowest BCUT2D eigenvalue weighted by Crippen LogP contribution is -2.21. The minimum atomic E-state index is -1.06. The van der Waals surface area contributed by atoms with Gasteiger partial charge in [0.15, 0.2) is 5.79 Å². The highest BCUT2D eigenvalue weighted by Gasteiger charge is 2.33. The zero-order chi connectivity index (χ0) is 6.20. The number of aliphatic hydroxyl groups is 1. The topological polar surface area (TPSA) is 38.7 Å². The van der Waals surface area contributed by atoms with E-state index in [9.17, 15) is 0 Å². The molecule has 0 aromatic heterocycles. The average molecular weight is 118 g/mol. The van der Waals surface area contributed by atoms with Crippen LogP contribution in [0.1, 0.15) is 20.3 Å². The van der Waals surface area contributed by atoms with Gasteiger partial charge in [0.2, 0.25) is 0 Å². The summed E-state index contributed by atoms with van der Waals surface area (Å²) in [6.07, 6.45) is 0.567. The molecule has 0 amide bonds. The van der Waals surface area contributed by atoms with E-state index in [0.29, 0.717) is 6.42 Å². The molecular formula is C5H10O3. The first-order valence-electron chi connectivity index (χ1n) is 2.67. The van der Waals surface area contributed by atoms with Crippen molar-refractivity contribution in [2.75, 3.05) is 0 Å². The molecule has 8 heavy (non-hydrogen) atoms. The van der Waals surface area contributed by atoms with E-state index in [1.54, 1.807) is 6.92 Å². The number of rotatable bonds is 0. The van der Waals surface area contributed by atoms with Gasteiger partial charge in [-0.25, -0.2) is 9.78 Å². The van der Waals surface area contributed by atoms with Gasteiger partial charge in [-0.15, -0.1) is 0 Å².